The summed E-state index contributed by atoms with van der Waals surface area (Å²) in [6.07, 6.45) is 0.522. The summed E-state index contributed by atoms with van der Waals surface area (Å²) >= 11 is 0. The van der Waals surface area contributed by atoms with Gasteiger partial charge in [-0.3, -0.25) is 10.1 Å². The first-order valence-electron chi connectivity index (χ1n) is 6.11. The maximum absolute atomic E-state index is 11.5. The third-order valence-electron chi connectivity index (χ3n) is 2.57. The average molecular weight is 303 g/mol. The van der Waals surface area contributed by atoms with Crippen molar-refractivity contribution in [2.75, 3.05) is 18.1 Å². The molecule has 0 amide bonds. The molecule has 1 N–H and O–H groups in total. The Morgan fingerprint density at radius 2 is 2.05 bits per heavy atom. The van der Waals surface area contributed by atoms with Crippen molar-refractivity contribution in [1.82, 2.24) is 0 Å². The molecule has 0 aromatic heterocycles. The number of hydrogen-bond donors (Lipinski definition) is 1. The van der Waals surface area contributed by atoms with Crippen molar-refractivity contribution >= 4 is 15.5 Å². The van der Waals surface area contributed by atoms with Gasteiger partial charge in [-0.2, -0.15) is 0 Å². The highest BCUT2D eigenvalue weighted by molar-refractivity contribution is 7.91. The van der Waals surface area contributed by atoms with E-state index in [4.69, 9.17) is 9.84 Å². The van der Waals surface area contributed by atoms with Crippen molar-refractivity contribution < 1.29 is 23.2 Å². The predicted molar refractivity (Wildman–Crippen MR) is 73.5 cm³/mol. The van der Waals surface area contributed by atoms with Crippen molar-refractivity contribution in [3.8, 4) is 5.75 Å². The number of nitro groups is 1. The lowest BCUT2D eigenvalue weighted by molar-refractivity contribution is -0.385. The van der Waals surface area contributed by atoms with Crippen molar-refractivity contribution in [2.24, 2.45) is 0 Å². The van der Waals surface area contributed by atoms with Crippen LogP contribution in [0.4, 0.5) is 5.69 Å². The fourth-order valence-electron chi connectivity index (χ4n) is 1.62. The van der Waals surface area contributed by atoms with E-state index in [0.717, 1.165) is 0 Å². The average Bonchev–Trinajstić information content (AvgIpc) is 2.38. The van der Waals surface area contributed by atoms with Gasteiger partial charge in [-0.1, -0.05) is 13.0 Å². The van der Waals surface area contributed by atoms with E-state index in [9.17, 15) is 18.5 Å². The maximum Gasteiger partial charge on any atom is 0.311 e. The first-order valence-corrected chi connectivity index (χ1v) is 7.93. The number of ether oxygens (including phenoxy) is 1. The number of nitrogens with zero attached hydrogens (tertiary/aromatic N) is 1. The summed E-state index contributed by atoms with van der Waals surface area (Å²) in [5.74, 6) is -0.110. The van der Waals surface area contributed by atoms with Crippen LogP contribution in [0.5, 0.6) is 5.75 Å². The van der Waals surface area contributed by atoms with Gasteiger partial charge in [0.05, 0.1) is 23.0 Å². The van der Waals surface area contributed by atoms with E-state index in [1.165, 1.54) is 18.2 Å². The number of aliphatic hydroxyl groups is 1. The lowest BCUT2D eigenvalue weighted by Gasteiger charge is -2.08. The van der Waals surface area contributed by atoms with E-state index in [1.807, 2.05) is 0 Å². The summed E-state index contributed by atoms with van der Waals surface area (Å²) in [6.45, 7) is 1.31. The van der Waals surface area contributed by atoms with Crippen LogP contribution in [0, 0.1) is 10.1 Å². The van der Waals surface area contributed by atoms with Crippen molar-refractivity contribution in [1.29, 1.82) is 0 Å². The number of hydrogen-bond acceptors (Lipinski definition) is 6. The van der Waals surface area contributed by atoms with Crippen molar-refractivity contribution in [2.45, 2.75) is 20.0 Å². The molecule has 0 heterocycles. The maximum atomic E-state index is 11.5. The molecule has 0 aliphatic rings. The zero-order chi connectivity index (χ0) is 15.2. The van der Waals surface area contributed by atoms with Crippen molar-refractivity contribution in [3.63, 3.8) is 0 Å². The highest BCUT2D eigenvalue weighted by atomic mass is 32.2. The summed E-state index contributed by atoms with van der Waals surface area (Å²) < 4.78 is 28.2. The lowest BCUT2D eigenvalue weighted by Crippen LogP contribution is -2.17. The van der Waals surface area contributed by atoms with Crippen LogP contribution in [0.3, 0.4) is 0 Å². The fourth-order valence-corrected chi connectivity index (χ4v) is 2.78. The Bertz CT molecular complexity index is 569. The second kappa shape index (κ2) is 7.20. The molecule has 0 bridgehead atoms. The standard InChI is InChI=1S/C12H17NO6S/c1-2-6-20(17,18)7-5-19-12-4-3-10(9-14)8-11(12)13(15)16/h3-4,8,14H,2,5-7,9H2,1H3. The van der Waals surface area contributed by atoms with Gasteiger partial charge in [0, 0.05) is 6.07 Å². The van der Waals surface area contributed by atoms with Crippen LogP contribution >= 0.6 is 0 Å². The minimum absolute atomic E-state index is 0.00102. The molecule has 8 heteroatoms. The highest BCUT2D eigenvalue weighted by Gasteiger charge is 2.17. The minimum Gasteiger partial charge on any atom is -0.486 e. The highest BCUT2D eigenvalue weighted by Crippen LogP contribution is 2.28. The number of aliphatic hydroxyl groups excluding tert-OH is 1. The van der Waals surface area contributed by atoms with E-state index >= 15 is 0 Å². The molecule has 0 saturated carbocycles. The molecule has 0 fully saturated rings. The van der Waals surface area contributed by atoms with Crippen LogP contribution in [0.1, 0.15) is 18.9 Å². The molecule has 0 spiro atoms. The van der Waals surface area contributed by atoms with Gasteiger partial charge < -0.3 is 9.84 Å². The summed E-state index contributed by atoms with van der Waals surface area (Å²) in [5, 5.41) is 19.8. The molecule has 20 heavy (non-hydrogen) atoms. The van der Waals surface area contributed by atoms with Crippen LogP contribution in [0.15, 0.2) is 18.2 Å². The van der Waals surface area contributed by atoms with E-state index < -0.39 is 14.8 Å². The summed E-state index contributed by atoms with van der Waals surface area (Å²) in [4.78, 5) is 10.2. The van der Waals surface area contributed by atoms with Gasteiger partial charge in [0.1, 0.15) is 6.61 Å². The molecule has 0 saturated heterocycles. The van der Waals surface area contributed by atoms with E-state index in [0.29, 0.717) is 12.0 Å². The smallest absolute Gasteiger partial charge is 0.311 e. The Balaban J connectivity index is 2.75. The molecule has 1 aromatic carbocycles. The van der Waals surface area contributed by atoms with Gasteiger partial charge in [-0.05, 0) is 18.1 Å². The van der Waals surface area contributed by atoms with Crippen LogP contribution in [0.25, 0.3) is 0 Å². The van der Waals surface area contributed by atoms with E-state index in [-0.39, 0.29) is 36.2 Å². The SMILES string of the molecule is CCCS(=O)(=O)CCOc1ccc(CO)cc1[N+](=O)[O-]. The van der Waals surface area contributed by atoms with Gasteiger partial charge in [0.25, 0.3) is 0 Å². The van der Waals surface area contributed by atoms with Crippen LogP contribution in [-0.2, 0) is 16.4 Å². The summed E-state index contributed by atoms with van der Waals surface area (Å²) in [5.41, 5.74) is 0.104. The van der Waals surface area contributed by atoms with Gasteiger partial charge in [0.2, 0.25) is 0 Å². The first kappa shape index (κ1) is 16.4. The summed E-state index contributed by atoms with van der Waals surface area (Å²) in [6, 6.07) is 4.05. The van der Waals surface area contributed by atoms with Gasteiger partial charge in [-0.15, -0.1) is 0 Å². The Kier molecular flexibility index (Phi) is 5.90. The molecule has 0 aliphatic carbocycles. The second-order valence-corrected chi connectivity index (χ2v) is 6.52. The molecule has 0 unspecified atom stereocenters. The largest absolute Gasteiger partial charge is 0.486 e. The molecule has 0 aliphatic heterocycles. The van der Waals surface area contributed by atoms with Crippen molar-refractivity contribution in [3.05, 3.63) is 33.9 Å². The zero-order valence-electron chi connectivity index (χ0n) is 11.1. The number of rotatable bonds is 8. The topological polar surface area (TPSA) is 107 Å². The Hall–Kier alpha value is -1.67. The molecular weight excluding hydrogens is 286 g/mol. The van der Waals surface area contributed by atoms with E-state index in [1.54, 1.807) is 6.92 Å². The van der Waals surface area contributed by atoms with Gasteiger partial charge in [-0.25, -0.2) is 8.42 Å². The normalized spacial score (nSPS) is 11.3. The zero-order valence-corrected chi connectivity index (χ0v) is 11.9. The molecular formula is C12H17NO6S. The fraction of sp³-hybridized carbons (Fsp3) is 0.500. The second-order valence-electron chi connectivity index (χ2n) is 4.22. The van der Waals surface area contributed by atoms with Crippen LogP contribution in [0.2, 0.25) is 0 Å². The third-order valence-corrected chi connectivity index (χ3v) is 4.39. The van der Waals surface area contributed by atoms with Gasteiger partial charge in [0.15, 0.2) is 15.6 Å². The predicted octanol–water partition coefficient (Wildman–Crippen LogP) is 1.29. The lowest BCUT2D eigenvalue weighted by atomic mass is 10.2. The minimum atomic E-state index is -3.18. The third kappa shape index (κ3) is 4.78. The number of nitro benzene ring substituents is 1. The number of benzene rings is 1. The molecule has 0 radical (unpaired) electrons. The first-order chi connectivity index (χ1) is 9.39. The molecule has 1 aromatic rings. The Morgan fingerprint density at radius 1 is 1.35 bits per heavy atom. The molecule has 112 valence electrons. The van der Waals surface area contributed by atoms with Crippen LogP contribution in [-0.4, -0.2) is 36.6 Å². The molecule has 0 atom stereocenters. The quantitative estimate of drug-likeness (QED) is 0.573. The monoisotopic (exact) mass is 303 g/mol. The van der Waals surface area contributed by atoms with Gasteiger partial charge >= 0.3 is 5.69 Å². The van der Waals surface area contributed by atoms with Crippen LogP contribution < -0.4 is 4.74 Å². The molecule has 7 nitrogen and oxygen atoms in total. The summed E-state index contributed by atoms with van der Waals surface area (Å²) in [7, 11) is -3.18. The number of sulfone groups is 1. The van der Waals surface area contributed by atoms with E-state index in [2.05, 4.69) is 0 Å². The Labute approximate surface area is 117 Å². The Morgan fingerprint density at radius 3 is 2.60 bits per heavy atom. The molecule has 1 rings (SSSR count).